The number of aliphatic hydroxyl groups is 1. The van der Waals surface area contributed by atoms with Crippen LogP contribution >= 0.6 is 0 Å². The first-order valence-corrected chi connectivity index (χ1v) is 6.32. The van der Waals surface area contributed by atoms with Crippen molar-refractivity contribution in [2.45, 2.75) is 19.8 Å². The Bertz CT molecular complexity index is 581. The molecule has 102 valence electrons. The number of hydrogen-bond donors (Lipinski definition) is 1. The zero-order valence-corrected chi connectivity index (χ0v) is 11.6. The van der Waals surface area contributed by atoms with Gasteiger partial charge in [-0.25, -0.2) is 0 Å². The summed E-state index contributed by atoms with van der Waals surface area (Å²) in [5, 5.41) is 9.96. The summed E-state index contributed by atoms with van der Waals surface area (Å²) in [6.07, 6.45) is 1.51. The molecule has 4 nitrogen and oxygen atoms in total. The number of fused-ring (bicyclic) bond motifs is 1. The van der Waals surface area contributed by atoms with E-state index < -0.39 is 0 Å². The van der Waals surface area contributed by atoms with Crippen LogP contribution in [0.1, 0.15) is 17.7 Å². The number of rotatable bonds is 5. The second-order valence-electron chi connectivity index (χ2n) is 4.48. The van der Waals surface area contributed by atoms with E-state index in [0.717, 1.165) is 35.0 Å². The predicted molar refractivity (Wildman–Crippen MR) is 75.0 cm³/mol. The molecule has 1 heterocycles. The van der Waals surface area contributed by atoms with Crippen LogP contribution in [-0.4, -0.2) is 30.9 Å². The summed E-state index contributed by atoms with van der Waals surface area (Å²) in [7, 11) is 3.24. The van der Waals surface area contributed by atoms with Crippen LogP contribution < -0.4 is 9.47 Å². The van der Waals surface area contributed by atoms with Crippen LogP contribution in [0, 0.1) is 6.92 Å². The third-order valence-electron chi connectivity index (χ3n) is 3.16. The van der Waals surface area contributed by atoms with Crippen molar-refractivity contribution in [3.8, 4) is 11.5 Å². The molecular formula is C15H19NO3. The van der Waals surface area contributed by atoms with Crippen molar-refractivity contribution >= 4 is 10.9 Å². The molecule has 0 bridgehead atoms. The average molecular weight is 261 g/mol. The number of methoxy groups -OCH3 is 2. The van der Waals surface area contributed by atoms with Crippen molar-refractivity contribution < 1.29 is 14.6 Å². The van der Waals surface area contributed by atoms with Crippen molar-refractivity contribution in [2.24, 2.45) is 0 Å². The molecule has 0 amide bonds. The Hall–Kier alpha value is -1.81. The molecule has 0 radical (unpaired) electrons. The Morgan fingerprint density at radius 3 is 2.42 bits per heavy atom. The molecule has 0 saturated carbocycles. The number of benzene rings is 1. The molecule has 0 saturated heterocycles. The first kappa shape index (κ1) is 13.6. The third-order valence-corrected chi connectivity index (χ3v) is 3.16. The predicted octanol–water partition coefficient (Wildman–Crippen LogP) is 2.49. The molecular weight excluding hydrogens is 242 g/mol. The van der Waals surface area contributed by atoms with E-state index >= 15 is 0 Å². The number of hydrogen-bond acceptors (Lipinski definition) is 4. The Labute approximate surface area is 113 Å². The van der Waals surface area contributed by atoms with Gasteiger partial charge in [0, 0.05) is 23.8 Å². The number of pyridine rings is 1. The van der Waals surface area contributed by atoms with Crippen molar-refractivity contribution in [1.82, 2.24) is 4.98 Å². The molecule has 0 aliphatic carbocycles. The zero-order valence-electron chi connectivity index (χ0n) is 11.6. The highest BCUT2D eigenvalue weighted by molar-refractivity contribution is 5.85. The summed E-state index contributed by atoms with van der Waals surface area (Å²) < 4.78 is 10.6. The molecule has 0 spiro atoms. The summed E-state index contributed by atoms with van der Waals surface area (Å²) in [4.78, 5) is 4.61. The van der Waals surface area contributed by atoms with Crippen molar-refractivity contribution in [3.05, 3.63) is 29.5 Å². The fourth-order valence-corrected chi connectivity index (χ4v) is 2.18. The Morgan fingerprint density at radius 1 is 1.11 bits per heavy atom. The maximum Gasteiger partial charge on any atom is 0.162 e. The van der Waals surface area contributed by atoms with E-state index in [2.05, 4.69) is 18.0 Å². The van der Waals surface area contributed by atoms with Crippen LogP contribution in [0.25, 0.3) is 10.9 Å². The van der Waals surface area contributed by atoms with Gasteiger partial charge in [0.1, 0.15) is 0 Å². The highest BCUT2D eigenvalue weighted by Crippen LogP contribution is 2.33. The van der Waals surface area contributed by atoms with Gasteiger partial charge in [-0.1, -0.05) is 0 Å². The second-order valence-corrected chi connectivity index (χ2v) is 4.48. The number of aliphatic hydroxyl groups excluding tert-OH is 1. The first-order valence-electron chi connectivity index (χ1n) is 6.32. The van der Waals surface area contributed by atoms with Crippen molar-refractivity contribution in [3.63, 3.8) is 0 Å². The molecule has 1 aromatic heterocycles. The zero-order chi connectivity index (χ0) is 13.8. The van der Waals surface area contributed by atoms with Gasteiger partial charge in [-0.05, 0) is 37.5 Å². The van der Waals surface area contributed by atoms with Gasteiger partial charge in [0.15, 0.2) is 11.5 Å². The molecule has 0 aliphatic rings. The topological polar surface area (TPSA) is 51.6 Å². The first-order chi connectivity index (χ1) is 9.19. The van der Waals surface area contributed by atoms with Gasteiger partial charge in [-0.2, -0.15) is 0 Å². The second kappa shape index (κ2) is 5.89. The Morgan fingerprint density at radius 2 is 1.79 bits per heavy atom. The monoisotopic (exact) mass is 261 g/mol. The van der Waals surface area contributed by atoms with Gasteiger partial charge < -0.3 is 14.6 Å². The van der Waals surface area contributed by atoms with Crippen molar-refractivity contribution in [2.75, 3.05) is 20.8 Å². The van der Waals surface area contributed by atoms with Gasteiger partial charge in [-0.3, -0.25) is 4.98 Å². The van der Waals surface area contributed by atoms with E-state index in [4.69, 9.17) is 14.6 Å². The van der Waals surface area contributed by atoms with Crippen LogP contribution in [0.15, 0.2) is 18.2 Å². The highest BCUT2D eigenvalue weighted by atomic mass is 16.5. The highest BCUT2D eigenvalue weighted by Gasteiger charge is 2.09. The summed E-state index contributed by atoms with van der Waals surface area (Å²) in [6, 6.07) is 5.90. The average Bonchev–Trinajstić information content (AvgIpc) is 2.43. The van der Waals surface area contributed by atoms with Crippen LogP contribution in [0.5, 0.6) is 11.5 Å². The van der Waals surface area contributed by atoms with E-state index in [1.165, 1.54) is 0 Å². The van der Waals surface area contributed by atoms with Crippen LogP contribution in [0.4, 0.5) is 0 Å². The maximum atomic E-state index is 8.90. The molecule has 1 N–H and O–H groups in total. The van der Waals surface area contributed by atoms with Gasteiger partial charge in [-0.15, -0.1) is 0 Å². The number of aryl methyl sites for hydroxylation is 2. The standard InChI is InChI=1S/C15H19NO3/c1-10-7-11(5-4-6-17)16-13-9-15(19-3)14(18-2)8-12(10)13/h7-9,17H,4-6H2,1-3H3. The minimum Gasteiger partial charge on any atom is -0.493 e. The smallest absolute Gasteiger partial charge is 0.162 e. The van der Waals surface area contributed by atoms with Crippen molar-refractivity contribution in [1.29, 1.82) is 0 Å². The lowest BCUT2D eigenvalue weighted by Gasteiger charge is -2.11. The molecule has 2 aromatic rings. The van der Waals surface area contributed by atoms with Gasteiger partial charge in [0.2, 0.25) is 0 Å². The summed E-state index contributed by atoms with van der Waals surface area (Å²) in [6.45, 7) is 2.24. The van der Waals surface area contributed by atoms with Crippen LogP contribution in [0.3, 0.4) is 0 Å². The van der Waals surface area contributed by atoms with E-state index in [0.29, 0.717) is 11.5 Å². The van der Waals surface area contributed by atoms with E-state index in [1.54, 1.807) is 14.2 Å². The quantitative estimate of drug-likeness (QED) is 0.898. The van der Waals surface area contributed by atoms with Gasteiger partial charge >= 0.3 is 0 Å². The SMILES string of the molecule is COc1cc2nc(CCCO)cc(C)c2cc1OC. The largest absolute Gasteiger partial charge is 0.493 e. The molecule has 2 rings (SSSR count). The van der Waals surface area contributed by atoms with Crippen LogP contribution in [0.2, 0.25) is 0 Å². The molecule has 0 unspecified atom stereocenters. The third kappa shape index (κ3) is 2.79. The molecule has 4 heteroatoms. The number of aromatic nitrogens is 1. The lowest BCUT2D eigenvalue weighted by molar-refractivity contribution is 0.288. The number of ether oxygens (including phenoxy) is 2. The molecule has 0 atom stereocenters. The van der Waals surface area contributed by atoms with E-state index in [-0.39, 0.29) is 6.61 Å². The minimum absolute atomic E-state index is 0.185. The molecule has 0 fully saturated rings. The summed E-state index contributed by atoms with van der Waals surface area (Å²) in [5.74, 6) is 1.39. The fourth-order valence-electron chi connectivity index (χ4n) is 2.18. The lowest BCUT2D eigenvalue weighted by Crippen LogP contribution is -1.97. The molecule has 1 aromatic carbocycles. The normalized spacial score (nSPS) is 10.7. The van der Waals surface area contributed by atoms with Gasteiger partial charge in [0.25, 0.3) is 0 Å². The summed E-state index contributed by atoms with van der Waals surface area (Å²) >= 11 is 0. The van der Waals surface area contributed by atoms with Gasteiger partial charge in [0.05, 0.1) is 19.7 Å². The van der Waals surface area contributed by atoms with Crippen LogP contribution in [-0.2, 0) is 6.42 Å². The fraction of sp³-hybridized carbons (Fsp3) is 0.400. The lowest BCUT2D eigenvalue weighted by atomic mass is 10.1. The number of nitrogens with zero attached hydrogens (tertiary/aromatic N) is 1. The van der Waals surface area contributed by atoms with E-state index in [1.807, 2.05) is 12.1 Å². The summed E-state index contributed by atoms with van der Waals surface area (Å²) in [5.41, 5.74) is 3.04. The Balaban J connectivity index is 2.53. The molecule has 19 heavy (non-hydrogen) atoms. The maximum absolute atomic E-state index is 8.90. The Kier molecular flexibility index (Phi) is 4.22. The van der Waals surface area contributed by atoms with E-state index in [9.17, 15) is 0 Å². The molecule has 0 aliphatic heterocycles. The minimum atomic E-state index is 0.185.